The minimum Gasteiger partial charge on any atom is -0.386 e. The number of rotatable bonds is 5. The zero-order valence-corrected chi connectivity index (χ0v) is 14.1. The van der Waals surface area contributed by atoms with Gasteiger partial charge in [-0.05, 0) is 57.9 Å². The Morgan fingerprint density at radius 2 is 1.76 bits per heavy atom. The van der Waals surface area contributed by atoms with E-state index in [1.165, 1.54) is 33.0 Å². The number of halogens is 1. The van der Waals surface area contributed by atoms with Crippen LogP contribution in [-0.2, 0) is 0 Å². The fourth-order valence-corrected chi connectivity index (χ4v) is 2.84. The van der Waals surface area contributed by atoms with Gasteiger partial charge in [-0.25, -0.2) is 4.39 Å². The molecule has 1 aromatic rings. The summed E-state index contributed by atoms with van der Waals surface area (Å²) in [5.41, 5.74) is 1.55. The first-order valence-electron chi connectivity index (χ1n) is 6.89. The van der Waals surface area contributed by atoms with Crippen LogP contribution in [0.5, 0.6) is 0 Å². The van der Waals surface area contributed by atoms with E-state index in [0.29, 0.717) is 0 Å². The summed E-state index contributed by atoms with van der Waals surface area (Å²) >= 11 is 1.76. The van der Waals surface area contributed by atoms with Gasteiger partial charge >= 0.3 is 0 Å². The molecule has 0 spiro atoms. The molecule has 0 aromatic carbocycles. The van der Waals surface area contributed by atoms with Crippen molar-refractivity contribution in [1.29, 1.82) is 0 Å². The van der Waals surface area contributed by atoms with Crippen molar-refractivity contribution in [3.05, 3.63) is 63.2 Å². The summed E-state index contributed by atoms with van der Waals surface area (Å²) in [7, 11) is 0. The van der Waals surface area contributed by atoms with Gasteiger partial charge in [-0.15, -0.1) is 11.3 Å². The van der Waals surface area contributed by atoms with Crippen LogP contribution >= 0.6 is 11.3 Å². The molecule has 1 aromatic heterocycles. The van der Waals surface area contributed by atoms with Gasteiger partial charge in [0.15, 0.2) is 0 Å². The van der Waals surface area contributed by atoms with Gasteiger partial charge in [-0.1, -0.05) is 30.4 Å². The topological polar surface area (TPSA) is 20.2 Å². The molecule has 1 nitrogen and oxygen atoms in total. The molecule has 0 radical (unpaired) electrons. The molecular formula is C18H23FOS. The summed E-state index contributed by atoms with van der Waals surface area (Å²) in [6.45, 7) is 9.59. The van der Waals surface area contributed by atoms with Gasteiger partial charge in [0, 0.05) is 9.75 Å². The molecule has 0 aliphatic carbocycles. The van der Waals surface area contributed by atoms with Crippen LogP contribution in [0, 0.1) is 20.8 Å². The Balaban J connectivity index is 2.70. The molecule has 0 bridgehead atoms. The van der Waals surface area contributed by atoms with Crippen molar-refractivity contribution in [2.24, 2.45) is 0 Å². The van der Waals surface area contributed by atoms with E-state index in [-0.39, 0.29) is 5.83 Å². The average molecular weight is 306 g/mol. The van der Waals surface area contributed by atoms with Crippen molar-refractivity contribution in [2.75, 3.05) is 0 Å². The second-order valence-electron chi connectivity index (χ2n) is 5.54. The lowest BCUT2D eigenvalue weighted by Gasteiger charge is -2.08. The molecule has 0 saturated carbocycles. The first-order valence-corrected chi connectivity index (χ1v) is 7.71. The first kappa shape index (κ1) is 17.6. The van der Waals surface area contributed by atoms with Gasteiger partial charge in [0.2, 0.25) is 0 Å². The number of allylic oxidation sites excluding steroid dienone is 6. The lowest BCUT2D eigenvalue weighted by atomic mass is 10.1. The third-order valence-corrected chi connectivity index (χ3v) is 4.15. The SMILES string of the molecule is Cc1sc(C)c(/C=C/C=C(F)/C=C/C=C/C(C)(C)O)c1C. The van der Waals surface area contributed by atoms with Gasteiger partial charge < -0.3 is 5.11 Å². The fourth-order valence-electron chi connectivity index (χ4n) is 1.79. The van der Waals surface area contributed by atoms with E-state index in [0.717, 1.165) is 0 Å². The van der Waals surface area contributed by atoms with Crippen LogP contribution < -0.4 is 0 Å². The van der Waals surface area contributed by atoms with Gasteiger partial charge in [0.05, 0.1) is 5.60 Å². The highest BCUT2D eigenvalue weighted by atomic mass is 32.1. The highest BCUT2D eigenvalue weighted by molar-refractivity contribution is 7.12. The summed E-state index contributed by atoms with van der Waals surface area (Å²) in [4.78, 5) is 2.55. The lowest BCUT2D eigenvalue weighted by molar-refractivity contribution is 0.133. The predicted molar refractivity (Wildman–Crippen MR) is 91.3 cm³/mol. The summed E-state index contributed by atoms with van der Waals surface area (Å²) in [6, 6.07) is 0. The Kier molecular flexibility index (Phi) is 6.31. The Labute approximate surface area is 130 Å². The average Bonchev–Trinajstić information content (AvgIpc) is 2.60. The molecule has 0 fully saturated rings. The Morgan fingerprint density at radius 1 is 1.10 bits per heavy atom. The Bertz CT molecular complexity index is 595. The zero-order chi connectivity index (χ0) is 16.0. The molecule has 1 heterocycles. The summed E-state index contributed by atoms with van der Waals surface area (Å²) in [6.07, 6.45) is 11.3. The van der Waals surface area contributed by atoms with E-state index in [9.17, 15) is 9.50 Å². The fraction of sp³-hybridized carbons (Fsp3) is 0.333. The molecule has 0 atom stereocenters. The summed E-state index contributed by atoms with van der Waals surface area (Å²) in [5, 5.41) is 9.47. The molecule has 1 N–H and O–H groups in total. The highest BCUT2D eigenvalue weighted by Gasteiger charge is 2.05. The van der Waals surface area contributed by atoms with Gasteiger partial charge in [0.25, 0.3) is 0 Å². The number of aryl methyl sites for hydroxylation is 2. The smallest absolute Gasteiger partial charge is 0.123 e. The van der Waals surface area contributed by atoms with E-state index in [1.54, 1.807) is 49.5 Å². The van der Waals surface area contributed by atoms with E-state index < -0.39 is 5.60 Å². The van der Waals surface area contributed by atoms with Crippen molar-refractivity contribution in [3.63, 3.8) is 0 Å². The van der Waals surface area contributed by atoms with Crippen LogP contribution in [0.1, 0.15) is 34.7 Å². The molecule has 0 aliphatic rings. The Morgan fingerprint density at radius 3 is 2.29 bits per heavy atom. The minimum absolute atomic E-state index is 0.325. The van der Waals surface area contributed by atoms with Gasteiger partial charge in [-0.2, -0.15) is 0 Å². The normalized spacial score (nSPS) is 14.1. The molecule has 0 saturated heterocycles. The van der Waals surface area contributed by atoms with Crippen molar-refractivity contribution in [1.82, 2.24) is 0 Å². The predicted octanol–water partition coefficient (Wildman–Crippen LogP) is 5.42. The number of hydrogen-bond acceptors (Lipinski definition) is 2. The third kappa shape index (κ3) is 6.23. The standard InChI is InChI=1S/C18H23FOS/c1-13-14(2)21-15(3)17(13)11-8-10-16(19)9-6-7-12-18(4,5)20/h6-12,20H,1-5H3/b9-6+,11-8+,12-7+,16-10-. The maximum Gasteiger partial charge on any atom is 0.123 e. The van der Waals surface area contributed by atoms with E-state index >= 15 is 0 Å². The second kappa shape index (κ2) is 7.53. The van der Waals surface area contributed by atoms with Gasteiger partial charge in [0.1, 0.15) is 5.83 Å². The number of aliphatic hydroxyl groups is 1. The number of hydrogen-bond donors (Lipinski definition) is 1. The maximum absolute atomic E-state index is 13.6. The highest BCUT2D eigenvalue weighted by Crippen LogP contribution is 2.27. The maximum atomic E-state index is 13.6. The molecule has 3 heteroatoms. The van der Waals surface area contributed by atoms with Crippen molar-refractivity contribution in [3.8, 4) is 0 Å². The van der Waals surface area contributed by atoms with Crippen molar-refractivity contribution < 1.29 is 9.50 Å². The van der Waals surface area contributed by atoms with Crippen LogP contribution in [0.4, 0.5) is 4.39 Å². The molecule has 21 heavy (non-hydrogen) atoms. The van der Waals surface area contributed by atoms with Crippen LogP contribution in [0.2, 0.25) is 0 Å². The quantitative estimate of drug-likeness (QED) is 0.720. The zero-order valence-electron chi connectivity index (χ0n) is 13.3. The Hall–Kier alpha value is -1.45. The lowest BCUT2D eigenvalue weighted by Crippen LogP contribution is -2.13. The van der Waals surface area contributed by atoms with E-state index in [1.807, 2.05) is 6.08 Å². The molecule has 0 aliphatic heterocycles. The second-order valence-corrected chi connectivity index (χ2v) is 6.96. The summed E-state index contributed by atoms with van der Waals surface area (Å²) < 4.78 is 13.6. The van der Waals surface area contributed by atoms with Crippen LogP contribution in [-0.4, -0.2) is 10.7 Å². The van der Waals surface area contributed by atoms with Crippen LogP contribution in [0.25, 0.3) is 6.08 Å². The third-order valence-electron chi connectivity index (χ3n) is 3.01. The molecule has 114 valence electrons. The van der Waals surface area contributed by atoms with E-state index in [4.69, 9.17) is 0 Å². The van der Waals surface area contributed by atoms with Gasteiger partial charge in [-0.3, -0.25) is 0 Å². The first-order chi connectivity index (χ1) is 9.70. The molecule has 0 amide bonds. The monoisotopic (exact) mass is 306 g/mol. The number of thiophene rings is 1. The largest absolute Gasteiger partial charge is 0.386 e. The molecular weight excluding hydrogens is 283 g/mol. The van der Waals surface area contributed by atoms with Crippen LogP contribution in [0.3, 0.4) is 0 Å². The van der Waals surface area contributed by atoms with Crippen LogP contribution in [0.15, 0.2) is 42.3 Å². The molecule has 0 unspecified atom stereocenters. The summed E-state index contributed by atoms with van der Waals surface area (Å²) in [5.74, 6) is -0.325. The van der Waals surface area contributed by atoms with Crippen molar-refractivity contribution >= 4 is 17.4 Å². The minimum atomic E-state index is -0.879. The van der Waals surface area contributed by atoms with E-state index in [2.05, 4.69) is 20.8 Å². The molecule has 1 rings (SSSR count). The van der Waals surface area contributed by atoms with Crippen molar-refractivity contribution in [2.45, 2.75) is 40.2 Å².